The molecule has 0 N–H and O–H groups in total. The van der Waals surface area contributed by atoms with Gasteiger partial charge in [0.25, 0.3) is 0 Å². The third-order valence-electron chi connectivity index (χ3n) is 4.69. The van der Waals surface area contributed by atoms with Crippen molar-refractivity contribution < 1.29 is 0 Å². The van der Waals surface area contributed by atoms with Gasteiger partial charge in [0.05, 0.1) is 0 Å². The maximum absolute atomic E-state index is 5.90. The number of rotatable bonds is 4. The summed E-state index contributed by atoms with van der Waals surface area (Å²) in [4.78, 5) is 2.72. The molecule has 4 rings (SSSR count). The van der Waals surface area contributed by atoms with Crippen LogP contribution in [0.5, 0.6) is 0 Å². The Hall–Kier alpha value is -0.240. The molecule has 0 aromatic heterocycles. The Bertz CT molecular complexity index is 382. The van der Waals surface area contributed by atoms with E-state index in [1.54, 1.807) is 0 Å². The SMILES string of the molecule is Cl.Clc1ccc(CCCC2CC3CCN2CC3)cc1. The van der Waals surface area contributed by atoms with Crippen molar-refractivity contribution in [3.63, 3.8) is 0 Å². The fraction of sp³-hybridized carbons (Fsp3) is 0.625. The summed E-state index contributed by atoms with van der Waals surface area (Å²) in [7, 11) is 0. The van der Waals surface area contributed by atoms with Gasteiger partial charge in [-0.2, -0.15) is 0 Å². The predicted octanol–water partition coefficient (Wildman–Crippen LogP) is 4.57. The lowest BCUT2D eigenvalue weighted by molar-refractivity contribution is 0.0442. The van der Waals surface area contributed by atoms with Crippen molar-refractivity contribution in [3.8, 4) is 0 Å². The van der Waals surface area contributed by atoms with Gasteiger partial charge in [-0.1, -0.05) is 23.7 Å². The molecule has 1 aromatic rings. The Morgan fingerprint density at radius 3 is 2.37 bits per heavy atom. The van der Waals surface area contributed by atoms with Crippen LogP contribution in [0.4, 0.5) is 0 Å². The Morgan fingerprint density at radius 1 is 1.11 bits per heavy atom. The second-order valence-corrected chi connectivity index (χ2v) is 6.32. The molecule has 0 amide bonds. The molecule has 106 valence electrons. The van der Waals surface area contributed by atoms with E-state index in [-0.39, 0.29) is 12.4 Å². The van der Waals surface area contributed by atoms with Gasteiger partial charge in [0.1, 0.15) is 0 Å². The number of hydrogen-bond acceptors (Lipinski definition) is 1. The molecule has 1 atom stereocenters. The molecule has 3 aliphatic rings. The van der Waals surface area contributed by atoms with Crippen molar-refractivity contribution in [1.82, 2.24) is 4.90 Å². The van der Waals surface area contributed by atoms with Crippen LogP contribution in [0.3, 0.4) is 0 Å². The molecule has 1 unspecified atom stereocenters. The summed E-state index contributed by atoms with van der Waals surface area (Å²) in [5.74, 6) is 1.04. The number of hydrogen-bond donors (Lipinski definition) is 0. The fourth-order valence-electron chi connectivity index (χ4n) is 3.58. The zero-order valence-corrected chi connectivity index (χ0v) is 12.9. The van der Waals surface area contributed by atoms with Gasteiger partial charge in [0, 0.05) is 11.1 Å². The molecule has 3 heteroatoms. The van der Waals surface area contributed by atoms with E-state index in [1.165, 1.54) is 57.2 Å². The summed E-state index contributed by atoms with van der Waals surface area (Å²) in [6, 6.07) is 9.21. The third kappa shape index (κ3) is 3.87. The van der Waals surface area contributed by atoms with E-state index in [4.69, 9.17) is 11.6 Å². The molecule has 0 radical (unpaired) electrons. The van der Waals surface area contributed by atoms with Gasteiger partial charge >= 0.3 is 0 Å². The highest BCUT2D eigenvalue weighted by atomic mass is 35.5. The van der Waals surface area contributed by atoms with Crippen molar-refractivity contribution in [2.75, 3.05) is 13.1 Å². The van der Waals surface area contributed by atoms with E-state index in [0.29, 0.717) is 0 Å². The molecule has 0 spiro atoms. The van der Waals surface area contributed by atoms with Gasteiger partial charge in [0.15, 0.2) is 0 Å². The highest BCUT2D eigenvalue weighted by molar-refractivity contribution is 6.30. The van der Waals surface area contributed by atoms with Gasteiger partial charge in [-0.15, -0.1) is 12.4 Å². The molecule has 3 saturated heterocycles. The van der Waals surface area contributed by atoms with Gasteiger partial charge in [0.2, 0.25) is 0 Å². The van der Waals surface area contributed by atoms with E-state index in [9.17, 15) is 0 Å². The quantitative estimate of drug-likeness (QED) is 0.787. The molecule has 3 heterocycles. The molecule has 3 aliphatic heterocycles. The summed E-state index contributed by atoms with van der Waals surface area (Å²) >= 11 is 5.90. The highest BCUT2D eigenvalue weighted by Gasteiger charge is 2.32. The average molecular weight is 300 g/mol. The van der Waals surface area contributed by atoms with E-state index < -0.39 is 0 Å². The monoisotopic (exact) mass is 299 g/mol. The largest absolute Gasteiger partial charge is 0.300 e. The van der Waals surface area contributed by atoms with E-state index in [0.717, 1.165) is 17.0 Å². The van der Waals surface area contributed by atoms with Crippen LogP contribution in [0.25, 0.3) is 0 Å². The first-order valence-electron chi connectivity index (χ1n) is 7.30. The van der Waals surface area contributed by atoms with E-state index >= 15 is 0 Å². The number of piperidine rings is 3. The Labute approximate surface area is 127 Å². The van der Waals surface area contributed by atoms with E-state index in [2.05, 4.69) is 17.0 Å². The van der Waals surface area contributed by atoms with Gasteiger partial charge in [-0.25, -0.2) is 0 Å². The summed E-state index contributed by atoms with van der Waals surface area (Å²) in [6.07, 6.45) is 8.25. The molecule has 3 fully saturated rings. The Balaban J connectivity index is 0.00000133. The molecule has 1 aromatic carbocycles. The lowest BCUT2D eigenvalue weighted by Crippen LogP contribution is -2.48. The summed E-state index contributed by atoms with van der Waals surface area (Å²) in [5, 5.41) is 0.842. The molecule has 0 aliphatic carbocycles. The van der Waals surface area contributed by atoms with Crippen LogP contribution in [0, 0.1) is 5.92 Å². The number of benzene rings is 1. The Morgan fingerprint density at radius 2 is 1.79 bits per heavy atom. The zero-order valence-electron chi connectivity index (χ0n) is 11.4. The third-order valence-corrected chi connectivity index (χ3v) is 4.94. The molecular weight excluding hydrogens is 277 g/mol. The van der Waals surface area contributed by atoms with Crippen molar-refractivity contribution in [2.45, 2.75) is 44.6 Å². The van der Waals surface area contributed by atoms with Gasteiger partial charge in [-0.05, 0) is 75.2 Å². The van der Waals surface area contributed by atoms with Crippen LogP contribution in [0.1, 0.15) is 37.7 Å². The number of nitrogens with zero attached hydrogens (tertiary/aromatic N) is 1. The fourth-order valence-corrected chi connectivity index (χ4v) is 3.71. The lowest BCUT2D eigenvalue weighted by Gasteiger charge is -2.45. The Kier molecular flexibility index (Phi) is 5.56. The second kappa shape index (κ2) is 6.97. The molecular formula is C16H23Cl2N. The maximum Gasteiger partial charge on any atom is 0.0406 e. The van der Waals surface area contributed by atoms with Crippen LogP contribution in [-0.2, 0) is 6.42 Å². The summed E-state index contributed by atoms with van der Waals surface area (Å²) in [5.41, 5.74) is 1.43. The lowest BCUT2D eigenvalue weighted by atomic mass is 9.81. The van der Waals surface area contributed by atoms with Crippen LogP contribution in [-0.4, -0.2) is 24.0 Å². The van der Waals surface area contributed by atoms with Crippen LogP contribution >= 0.6 is 24.0 Å². The summed E-state index contributed by atoms with van der Waals surface area (Å²) < 4.78 is 0. The predicted molar refractivity (Wildman–Crippen MR) is 84.3 cm³/mol. The van der Waals surface area contributed by atoms with Crippen LogP contribution < -0.4 is 0 Å². The first-order valence-corrected chi connectivity index (χ1v) is 7.67. The van der Waals surface area contributed by atoms with Crippen LogP contribution in [0.2, 0.25) is 5.02 Å². The molecule has 19 heavy (non-hydrogen) atoms. The molecule has 2 bridgehead atoms. The number of aryl methyl sites for hydroxylation is 1. The second-order valence-electron chi connectivity index (χ2n) is 5.89. The van der Waals surface area contributed by atoms with E-state index in [1.807, 2.05) is 12.1 Å². The number of halogens is 2. The normalized spacial score (nSPS) is 29.0. The first kappa shape index (κ1) is 15.2. The smallest absolute Gasteiger partial charge is 0.0406 e. The van der Waals surface area contributed by atoms with Gasteiger partial charge < -0.3 is 4.90 Å². The summed E-state index contributed by atoms with van der Waals surface area (Å²) in [6.45, 7) is 2.71. The highest BCUT2D eigenvalue weighted by Crippen LogP contribution is 2.33. The zero-order chi connectivity index (χ0) is 12.4. The minimum absolute atomic E-state index is 0. The molecule has 0 saturated carbocycles. The van der Waals surface area contributed by atoms with Crippen molar-refractivity contribution >= 4 is 24.0 Å². The van der Waals surface area contributed by atoms with Crippen LogP contribution in [0.15, 0.2) is 24.3 Å². The minimum atomic E-state index is 0. The van der Waals surface area contributed by atoms with Crippen molar-refractivity contribution in [1.29, 1.82) is 0 Å². The standard InChI is InChI=1S/C16H22ClN.ClH/c17-15-6-4-13(5-7-15)2-1-3-16-12-14-8-10-18(16)11-9-14;/h4-7,14,16H,1-3,8-12H2;1H. The van der Waals surface area contributed by atoms with Crippen molar-refractivity contribution in [2.24, 2.45) is 5.92 Å². The maximum atomic E-state index is 5.90. The van der Waals surface area contributed by atoms with Crippen molar-refractivity contribution in [3.05, 3.63) is 34.9 Å². The first-order chi connectivity index (χ1) is 8.81. The molecule has 1 nitrogen and oxygen atoms in total. The topological polar surface area (TPSA) is 3.24 Å². The number of fused-ring (bicyclic) bond motifs is 3. The van der Waals surface area contributed by atoms with Gasteiger partial charge in [-0.3, -0.25) is 0 Å². The minimum Gasteiger partial charge on any atom is -0.300 e. The average Bonchev–Trinajstić information content (AvgIpc) is 2.42.